The SMILES string of the molecule is CNC(=O)c1ccc(N[C@@H](C)c2nnc(C)o2)c([N+](=O)[O-])c1. The quantitative estimate of drug-likeness (QED) is 0.637. The van der Waals surface area contributed by atoms with Gasteiger partial charge in [-0.15, -0.1) is 10.2 Å². The van der Waals surface area contributed by atoms with Crippen LogP contribution in [0.15, 0.2) is 22.6 Å². The van der Waals surface area contributed by atoms with Gasteiger partial charge in [0.2, 0.25) is 11.8 Å². The van der Waals surface area contributed by atoms with Crippen LogP contribution < -0.4 is 10.6 Å². The van der Waals surface area contributed by atoms with E-state index in [1.54, 1.807) is 13.8 Å². The number of aryl methyl sites for hydroxylation is 1. The second kappa shape index (κ2) is 6.20. The maximum Gasteiger partial charge on any atom is 0.293 e. The van der Waals surface area contributed by atoms with Crippen molar-refractivity contribution in [3.63, 3.8) is 0 Å². The largest absolute Gasteiger partial charge is 0.423 e. The Morgan fingerprint density at radius 1 is 1.41 bits per heavy atom. The third-order valence-electron chi connectivity index (χ3n) is 2.97. The number of hydrogen-bond acceptors (Lipinski definition) is 7. The predicted octanol–water partition coefficient (Wildman–Crippen LogP) is 1.82. The lowest BCUT2D eigenvalue weighted by atomic mass is 10.1. The number of amides is 1. The van der Waals surface area contributed by atoms with Crippen molar-refractivity contribution in [3.8, 4) is 0 Å². The summed E-state index contributed by atoms with van der Waals surface area (Å²) in [5.41, 5.74) is 0.270. The fourth-order valence-corrected chi connectivity index (χ4v) is 1.87. The molecule has 0 unspecified atom stereocenters. The Kier molecular flexibility index (Phi) is 4.35. The van der Waals surface area contributed by atoms with Gasteiger partial charge in [-0.25, -0.2) is 0 Å². The van der Waals surface area contributed by atoms with E-state index in [0.717, 1.165) is 0 Å². The topological polar surface area (TPSA) is 123 Å². The summed E-state index contributed by atoms with van der Waals surface area (Å²) >= 11 is 0. The third-order valence-corrected chi connectivity index (χ3v) is 2.97. The predicted molar refractivity (Wildman–Crippen MR) is 77.6 cm³/mol. The first-order valence-electron chi connectivity index (χ1n) is 6.49. The van der Waals surface area contributed by atoms with Crippen molar-refractivity contribution < 1.29 is 14.1 Å². The van der Waals surface area contributed by atoms with Gasteiger partial charge in [0.1, 0.15) is 11.7 Å². The molecule has 1 aromatic carbocycles. The molecule has 1 aromatic heterocycles. The van der Waals surface area contributed by atoms with Crippen LogP contribution in [0.4, 0.5) is 11.4 Å². The van der Waals surface area contributed by atoms with Crippen LogP contribution in [0.2, 0.25) is 0 Å². The van der Waals surface area contributed by atoms with Crippen molar-refractivity contribution in [3.05, 3.63) is 45.7 Å². The monoisotopic (exact) mass is 305 g/mol. The summed E-state index contributed by atoms with van der Waals surface area (Å²) in [5, 5.41) is 24.1. The second-order valence-electron chi connectivity index (χ2n) is 4.59. The van der Waals surface area contributed by atoms with Crippen LogP contribution in [0.3, 0.4) is 0 Å². The molecule has 1 atom stereocenters. The molecule has 0 fully saturated rings. The molecule has 0 bridgehead atoms. The number of nitro benzene ring substituents is 1. The van der Waals surface area contributed by atoms with Gasteiger partial charge in [0.05, 0.1) is 4.92 Å². The zero-order valence-corrected chi connectivity index (χ0v) is 12.3. The van der Waals surface area contributed by atoms with Gasteiger partial charge in [0.15, 0.2) is 0 Å². The Bertz CT molecular complexity index is 712. The molecule has 1 amide bonds. The fraction of sp³-hybridized carbons (Fsp3) is 0.308. The van der Waals surface area contributed by atoms with Crippen LogP contribution in [0.1, 0.15) is 35.1 Å². The van der Waals surface area contributed by atoms with Crippen LogP contribution in [-0.2, 0) is 0 Å². The third kappa shape index (κ3) is 3.19. The highest BCUT2D eigenvalue weighted by Crippen LogP contribution is 2.29. The van der Waals surface area contributed by atoms with Gasteiger partial charge in [-0.1, -0.05) is 0 Å². The second-order valence-corrected chi connectivity index (χ2v) is 4.59. The Morgan fingerprint density at radius 3 is 2.68 bits per heavy atom. The zero-order chi connectivity index (χ0) is 16.3. The van der Waals surface area contributed by atoms with Gasteiger partial charge in [-0.3, -0.25) is 14.9 Å². The van der Waals surface area contributed by atoms with E-state index in [4.69, 9.17) is 4.42 Å². The van der Waals surface area contributed by atoms with E-state index in [2.05, 4.69) is 20.8 Å². The van der Waals surface area contributed by atoms with Crippen molar-refractivity contribution in [1.29, 1.82) is 0 Å². The summed E-state index contributed by atoms with van der Waals surface area (Å²) in [4.78, 5) is 22.2. The summed E-state index contributed by atoms with van der Waals surface area (Å²) in [6.07, 6.45) is 0. The Balaban J connectivity index is 2.30. The zero-order valence-electron chi connectivity index (χ0n) is 12.3. The van der Waals surface area contributed by atoms with E-state index >= 15 is 0 Å². The maximum atomic E-state index is 11.6. The number of aromatic nitrogens is 2. The molecular formula is C13H15N5O4. The number of rotatable bonds is 5. The lowest BCUT2D eigenvalue weighted by molar-refractivity contribution is -0.384. The minimum Gasteiger partial charge on any atom is -0.423 e. The normalized spacial score (nSPS) is 11.8. The number of nitrogens with zero attached hydrogens (tertiary/aromatic N) is 3. The number of anilines is 1. The van der Waals surface area contributed by atoms with Crippen LogP contribution in [-0.4, -0.2) is 28.1 Å². The highest BCUT2D eigenvalue weighted by atomic mass is 16.6. The number of carbonyl (C=O) groups is 1. The summed E-state index contributed by atoms with van der Waals surface area (Å²) < 4.78 is 5.28. The molecule has 0 saturated heterocycles. The summed E-state index contributed by atoms with van der Waals surface area (Å²) in [5.74, 6) is 0.338. The van der Waals surface area contributed by atoms with E-state index in [1.165, 1.54) is 25.2 Å². The number of nitro groups is 1. The Morgan fingerprint density at radius 2 is 2.14 bits per heavy atom. The highest BCUT2D eigenvalue weighted by Gasteiger charge is 2.20. The van der Waals surface area contributed by atoms with Crippen LogP contribution in [0, 0.1) is 17.0 Å². The molecule has 2 aromatic rings. The van der Waals surface area contributed by atoms with E-state index in [-0.39, 0.29) is 16.9 Å². The average Bonchev–Trinajstić information content (AvgIpc) is 2.93. The molecule has 0 aliphatic heterocycles. The maximum absolute atomic E-state index is 11.6. The van der Waals surface area contributed by atoms with Gasteiger partial charge in [0, 0.05) is 25.6 Å². The molecule has 9 heteroatoms. The number of carbonyl (C=O) groups excluding carboxylic acids is 1. The van der Waals surface area contributed by atoms with Gasteiger partial charge < -0.3 is 15.1 Å². The molecule has 9 nitrogen and oxygen atoms in total. The summed E-state index contributed by atoms with van der Waals surface area (Å²) in [7, 11) is 1.46. The lowest BCUT2D eigenvalue weighted by Crippen LogP contribution is -2.18. The molecule has 116 valence electrons. The highest BCUT2D eigenvalue weighted by molar-refractivity contribution is 5.95. The molecule has 0 aliphatic rings. The smallest absolute Gasteiger partial charge is 0.293 e. The minimum atomic E-state index is -0.555. The van der Waals surface area contributed by atoms with E-state index in [9.17, 15) is 14.9 Å². The Hall–Kier alpha value is -2.97. The van der Waals surface area contributed by atoms with Crippen LogP contribution in [0.25, 0.3) is 0 Å². The van der Waals surface area contributed by atoms with Gasteiger partial charge >= 0.3 is 0 Å². The van der Waals surface area contributed by atoms with Crippen molar-refractivity contribution in [2.24, 2.45) is 0 Å². The summed E-state index contributed by atoms with van der Waals surface area (Å²) in [6, 6.07) is 3.78. The average molecular weight is 305 g/mol. The number of nitrogens with one attached hydrogen (secondary N) is 2. The van der Waals surface area contributed by atoms with Crippen LogP contribution in [0.5, 0.6) is 0 Å². The van der Waals surface area contributed by atoms with Gasteiger partial charge in [-0.05, 0) is 19.1 Å². The van der Waals surface area contributed by atoms with Crippen LogP contribution >= 0.6 is 0 Å². The van der Waals surface area contributed by atoms with Crippen molar-refractivity contribution in [2.45, 2.75) is 19.9 Å². The molecule has 0 saturated carbocycles. The van der Waals surface area contributed by atoms with E-state index in [0.29, 0.717) is 11.8 Å². The van der Waals surface area contributed by atoms with Crippen molar-refractivity contribution >= 4 is 17.3 Å². The molecule has 22 heavy (non-hydrogen) atoms. The molecule has 1 heterocycles. The van der Waals surface area contributed by atoms with E-state index in [1.807, 2.05) is 0 Å². The van der Waals surface area contributed by atoms with Gasteiger partial charge in [-0.2, -0.15) is 0 Å². The number of hydrogen-bond donors (Lipinski definition) is 2. The number of benzene rings is 1. The molecule has 0 radical (unpaired) electrons. The molecule has 2 rings (SSSR count). The summed E-state index contributed by atoms with van der Waals surface area (Å²) in [6.45, 7) is 3.40. The molecule has 2 N–H and O–H groups in total. The minimum absolute atomic E-state index is 0.204. The molecule has 0 aliphatic carbocycles. The lowest BCUT2D eigenvalue weighted by Gasteiger charge is -2.12. The fourth-order valence-electron chi connectivity index (χ4n) is 1.87. The standard InChI is InChI=1S/C13H15N5O4/c1-7(13-17-16-8(2)22-13)15-10-5-4-9(12(19)14-3)6-11(10)18(20)21/h4-7,15H,1-3H3,(H,14,19)/t7-/m0/s1. The van der Waals surface area contributed by atoms with Crippen molar-refractivity contribution in [2.75, 3.05) is 12.4 Å². The molecular weight excluding hydrogens is 290 g/mol. The van der Waals surface area contributed by atoms with E-state index < -0.39 is 16.9 Å². The molecule has 0 spiro atoms. The Labute approximate surface area is 125 Å². The first kappa shape index (κ1) is 15.4. The first-order chi connectivity index (χ1) is 10.4. The first-order valence-corrected chi connectivity index (χ1v) is 6.49. The van der Waals surface area contributed by atoms with Gasteiger partial charge in [0.25, 0.3) is 11.6 Å². The van der Waals surface area contributed by atoms with Crippen molar-refractivity contribution in [1.82, 2.24) is 15.5 Å².